The molecule has 0 bridgehead atoms. The van der Waals surface area contributed by atoms with Crippen molar-refractivity contribution in [3.63, 3.8) is 0 Å². The number of ether oxygens (including phenoxy) is 1. The fourth-order valence-electron chi connectivity index (χ4n) is 0.956. The Kier molecular flexibility index (Phi) is 6.71. The lowest BCUT2D eigenvalue weighted by Crippen LogP contribution is -2.10. The van der Waals surface area contributed by atoms with Crippen LogP contribution in [0.15, 0.2) is 18.3 Å². The molecule has 0 saturated carbocycles. The average molecular weight is 230 g/mol. The van der Waals surface area contributed by atoms with Gasteiger partial charge in [0.15, 0.2) is 0 Å². The number of halogens is 1. The summed E-state index contributed by atoms with van der Waals surface area (Å²) in [4.78, 5) is 15.0. The van der Waals surface area contributed by atoms with Crippen LogP contribution in [0.3, 0.4) is 0 Å². The van der Waals surface area contributed by atoms with Crippen molar-refractivity contribution in [1.82, 2.24) is 4.98 Å². The summed E-state index contributed by atoms with van der Waals surface area (Å²) in [5.74, 6) is -0.570. The average Bonchev–Trinajstić information content (AvgIpc) is 2.31. The molecule has 3 nitrogen and oxygen atoms in total. The molecule has 1 heterocycles. The van der Waals surface area contributed by atoms with Gasteiger partial charge in [-0.25, -0.2) is 4.98 Å². The molecule has 0 spiro atoms. The van der Waals surface area contributed by atoms with Crippen LogP contribution in [0.1, 0.15) is 32.3 Å². The Morgan fingerprint density at radius 3 is 2.47 bits per heavy atom. The number of nitrogens with zero attached hydrogens (tertiary/aromatic N) is 1. The van der Waals surface area contributed by atoms with Crippen molar-refractivity contribution in [3.8, 4) is 0 Å². The van der Waals surface area contributed by atoms with Crippen LogP contribution in [0.4, 0.5) is 0 Å². The van der Waals surface area contributed by atoms with Crippen molar-refractivity contribution in [2.45, 2.75) is 26.7 Å². The third kappa shape index (κ3) is 4.30. The van der Waals surface area contributed by atoms with Crippen LogP contribution in [-0.2, 0) is 9.53 Å². The molecule has 0 aliphatic rings. The highest BCUT2D eigenvalue weighted by Gasteiger charge is 2.15. The molecule has 1 aromatic rings. The van der Waals surface area contributed by atoms with E-state index in [1.165, 1.54) is 7.11 Å². The lowest BCUT2D eigenvalue weighted by Gasteiger charge is -2.08. The zero-order valence-corrected chi connectivity index (χ0v) is 10.2. The lowest BCUT2D eigenvalue weighted by molar-refractivity contribution is -0.142. The van der Waals surface area contributed by atoms with E-state index < -0.39 is 0 Å². The highest BCUT2D eigenvalue weighted by atomic mass is 35.5. The van der Waals surface area contributed by atoms with Gasteiger partial charge in [0.25, 0.3) is 0 Å². The Morgan fingerprint density at radius 1 is 1.47 bits per heavy atom. The quantitative estimate of drug-likeness (QED) is 0.578. The number of hydrogen-bond donors (Lipinski definition) is 0. The van der Waals surface area contributed by atoms with Gasteiger partial charge < -0.3 is 4.74 Å². The number of methoxy groups -OCH3 is 1. The van der Waals surface area contributed by atoms with Gasteiger partial charge in [-0.2, -0.15) is 0 Å². The van der Waals surface area contributed by atoms with E-state index in [0.717, 1.165) is 5.56 Å². The zero-order valence-electron chi connectivity index (χ0n) is 9.45. The summed E-state index contributed by atoms with van der Waals surface area (Å²) < 4.78 is 4.60. The van der Waals surface area contributed by atoms with E-state index in [-0.39, 0.29) is 11.9 Å². The van der Waals surface area contributed by atoms with Crippen molar-refractivity contribution < 1.29 is 9.53 Å². The number of aromatic nitrogens is 1. The summed E-state index contributed by atoms with van der Waals surface area (Å²) >= 11 is 5.60. The third-order valence-corrected chi connectivity index (χ3v) is 2.03. The molecular formula is C11H16ClNO2. The number of carbonyl (C=O) groups is 1. The van der Waals surface area contributed by atoms with Crippen LogP contribution in [0.25, 0.3) is 0 Å². The minimum Gasteiger partial charge on any atom is -0.469 e. The van der Waals surface area contributed by atoms with Gasteiger partial charge in [-0.3, -0.25) is 4.79 Å². The highest BCUT2D eigenvalue weighted by Crippen LogP contribution is 2.16. The predicted molar refractivity (Wildman–Crippen MR) is 61.0 cm³/mol. The normalized spacial score (nSPS) is 11.0. The molecule has 84 valence electrons. The van der Waals surface area contributed by atoms with Gasteiger partial charge in [0, 0.05) is 6.20 Å². The number of rotatable bonds is 2. The molecule has 0 fully saturated rings. The van der Waals surface area contributed by atoms with Crippen molar-refractivity contribution in [2.24, 2.45) is 0 Å². The van der Waals surface area contributed by atoms with Crippen molar-refractivity contribution in [2.75, 3.05) is 7.11 Å². The Balaban J connectivity index is 0.000000921. The Morgan fingerprint density at radius 2 is 2.07 bits per heavy atom. The molecule has 0 saturated heterocycles. The molecule has 0 N–H and O–H groups in total. The Bertz CT molecular complexity index is 298. The standard InChI is InChI=1S/C9H10ClNO2.C2H6/c1-6(9(12)13-2)7-3-4-8(10)11-5-7;1-2/h3-6H,1-2H3;1-2H3. The summed E-state index contributed by atoms with van der Waals surface area (Å²) in [6.45, 7) is 5.76. The topological polar surface area (TPSA) is 39.2 Å². The largest absolute Gasteiger partial charge is 0.469 e. The van der Waals surface area contributed by atoms with Crippen molar-refractivity contribution in [1.29, 1.82) is 0 Å². The van der Waals surface area contributed by atoms with E-state index in [9.17, 15) is 4.79 Å². The first-order chi connectivity index (χ1) is 7.15. The molecule has 0 aliphatic heterocycles. The maximum atomic E-state index is 11.1. The van der Waals surface area contributed by atoms with E-state index in [2.05, 4.69) is 9.72 Å². The van der Waals surface area contributed by atoms with Gasteiger partial charge in [0.2, 0.25) is 0 Å². The second-order valence-electron chi connectivity index (χ2n) is 2.66. The molecular weight excluding hydrogens is 214 g/mol. The van der Waals surface area contributed by atoms with Gasteiger partial charge in [0.1, 0.15) is 5.15 Å². The summed E-state index contributed by atoms with van der Waals surface area (Å²) in [7, 11) is 1.36. The molecule has 0 amide bonds. The van der Waals surface area contributed by atoms with Crippen LogP contribution < -0.4 is 0 Å². The first-order valence-electron chi connectivity index (χ1n) is 4.84. The van der Waals surface area contributed by atoms with E-state index in [1.807, 2.05) is 13.8 Å². The summed E-state index contributed by atoms with van der Waals surface area (Å²) in [6.07, 6.45) is 1.57. The van der Waals surface area contributed by atoms with Gasteiger partial charge >= 0.3 is 5.97 Å². The smallest absolute Gasteiger partial charge is 0.312 e. The fourth-order valence-corrected chi connectivity index (χ4v) is 1.07. The molecule has 0 aliphatic carbocycles. The zero-order chi connectivity index (χ0) is 11.8. The molecule has 1 atom stereocenters. The van der Waals surface area contributed by atoms with E-state index in [1.54, 1.807) is 25.3 Å². The summed E-state index contributed by atoms with van der Waals surface area (Å²) in [5, 5.41) is 0.417. The number of carbonyl (C=O) groups excluding carboxylic acids is 1. The minimum atomic E-state index is -0.297. The molecule has 1 rings (SSSR count). The Hall–Kier alpha value is -1.09. The van der Waals surface area contributed by atoms with Gasteiger partial charge in [-0.15, -0.1) is 0 Å². The number of pyridine rings is 1. The summed E-state index contributed by atoms with van der Waals surface area (Å²) in [6, 6.07) is 3.41. The highest BCUT2D eigenvalue weighted by molar-refractivity contribution is 6.29. The monoisotopic (exact) mass is 229 g/mol. The molecule has 1 unspecified atom stereocenters. The molecule has 4 heteroatoms. The van der Waals surface area contributed by atoms with Crippen LogP contribution in [0, 0.1) is 0 Å². The SMILES string of the molecule is CC.COC(=O)C(C)c1ccc(Cl)nc1. The number of esters is 1. The fraction of sp³-hybridized carbons (Fsp3) is 0.455. The van der Waals surface area contributed by atoms with Crippen molar-refractivity contribution >= 4 is 17.6 Å². The minimum absolute atomic E-state index is 0.274. The Labute approximate surface area is 95.4 Å². The maximum Gasteiger partial charge on any atom is 0.312 e. The van der Waals surface area contributed by atoms with E-state index >= 15 is 0 Å². The van der Waals surface area contributed by atoms with Crippen molar-refractivity contribution in [3.05, 3.63) is 29.0 Å². The predicted octanol–water partition coefficient (Wildman–Crippen LogP) is 3.04. The maximum absolute atomic E-state index is 11.1. The van der Waals surface area contributed by atoms with E-state index in [4.69, 9.17) is 11.6 Å². The molecule has 0 aromatic carbocycles. The van der Waals surface area contributed by atoms with Crippen LogP contribution >= 0.6 is 11.6 Å². The second kappa shape index (κ2) is 7.23. The first-order valence-corrected chi connectivity index (χ1v) is 5.22. The molecule has 0 radical (unpaired) electrons. The lowest BCUT2D eigenvalue weighted by atomic mass is 10.0. The van der Waals surface area contributed by atoms with Gasteiger partial charge in [-0.05, 0) is 18.6 Å². The van der Waals surface area contributed by atoms with Gasteiger partial charge in [0.05, 0.1) is 13.0 Å². The second-order valence-corrected chi connectivity index (χ2v) is 3.05. The van der Waals surface area contributed by atoms with E-state index in [0.29, 0.717) is 5.15 Å². The number of hydrogen-bond acceptors (Lipinski definition) is 3. The molecule has 15 heavy (non-hydrogen) atoms. The van der Waals surface area contributed by atoms with Crippen LogP contribution in [0.5, 0.6) is 0 Å². The molecule has 1 aromatic heterocycles. The third-order valence-electron chi connectivity index (χ3n) is 1.81. The van der Waals surface area contributed by atoms with Crippen LogP contribution in [-0.4, -0.2) is 18.1 Å². The van der Waals surface area contributed by atoms with Gasteiger partial charge in [-0.1, -0.05) is 31.5 Å². The summed E-state index contributed by atoms with van der Waals surface area (Å²) in [5.41, 5.74) is 0.802. The van der Waals surface area contributed by atoms with Crippen LogP contribution in [0.2, 0.25) is 5.15 Å². The first kappa shape index (κ1) is 13.9.